The number of carbonyl (C=O) groups excluding carboxylic acids is 1. The van der Waals surface area contributed by atoms with Gasteiger partial charge in [-0.2, -0.15) is 18.3 Å². The van der Waals surface area contributed by atoms with Gasteiger partial charge in [0, 0.05) is 23.8 Å². The van der Waals surface area contributed by atoms with E-state index in [-0.39, 0.29) is 23.7 Å². The highest BCUT2D eigenvalue weighted by Gasteiger charge is 2.39. The maximum absolute atomic E-state index is 13.7. The number of anilines is 1. The molecule has 164 valence electrons. The van der Waals surface area contributed by atoms with E-state index in [1.54, 1.807) is 48.8 Å². The summed E-state index contributed by atoms with van der Waals surface area (Å²) in [5.41, 5.74) is -0.0333. The Morgan fingerprint density at radius 2 is 1.88 bits per heavy atom. The summed E-state index contributed by atoms with van der Waals surface area (Å²) in [4.78, 5) is 21.3. The number of amides is 1. The molecule has 0 aliphatic carbocycles. The van der Waals surface area contributed by atoms with Crippen LogP contribution in [0.3, 0.4) is 0 Å². The van der Waals surface area contributed by atoms with Gasteiger partial charge >= 0.3 is 6.18 Å². The molecule has 1 N–H and O–H groups in total. The van der Waals surface area contributed by atoms with Crippen LogP contribution in [-0.4, -0.2) is 32.8 Å². The van der Waals surface area contributed by atoms with Crippen molar-refractivity contribution in [2.45, 2.75) is 19.6 Å². The fourth-order valence-electron chi connectivity index (χ4n) is 3.33. The topological polar surface area (TPSA) is 81.9 Å². The van der Waals surface area contributed by atoms with Crippen LogP contribution in [0.1, 0.15) is 27.3 Å². The van der Waals surface area contributed by atoms with Crippen LogP contribution in [0.4, 0.5) is 18.9 Å². The number of nitrogens with one attached hydrogen (secondary N) is 1. The number of halogens is 3. The van der Waals surface area contributed by atoms with Gasteiger partial charge in [0.1, 0.15) is 0 Å². The second-order valence-electron chi connectivity index (χ2n) is 7.00. The van der Waals surface area contributed by atoms with Crippen LogP contribution in [0.25, 0.3) is 10.9 Å². The summed E-state index contributed by atoms with van der Waals surface area (Å²) in [6.45, 7) is 1.57. The number of alkyl halides is 3. The first-order chi connectivity index (χ1) is 15.3. The number of hydrogen-bond donors (Lipinski definition) is 1. The predicted molar refractivity (Wildman–Crippen MR) is 112 cm³/mol. The van der Waals surface area contributed by atoms with Crippen molar-refractivity contribution in [1.82, 2.24) is 19.7 Å². The molecule has 4 rings (SSSR count). The van der Waals surface area contributed by atoms with Crippen molar-refractivity contribution in [3.05, 3.63) is 77.4 Å². The van der Waals surface area contributed by atoms with Crippen molar-refractivity contribution in [3.8, 4) is 5.88 Å². The van der Waals surface area contributed by atoms with E-state index >= 15 is 0 Å². The minimum atomic E-state index is -4.76. The molecule has 1 aromatic carbocycles. The van der Waals surface area contributed by atoms with Crippen LogP contribution >= 0.6 is 0 Å². The van der Waals surface area contributed by atoms with Crippen molar-refractivity contribution in [1.29, 1.82) is 0 Å². The van der Waals surface area contributed by atoms with Crippen molar-refractivity contribution in [2.75, 3.05) is 12.4 Å². The molecule has 32 heavy (non-hydrogen) atoms. The van der Waals surface area contributed by atoms with Crippen LogP contribution in [-0.2, 0) is 12.7 Å². The second kappa shape index (κ2) is 8.29. The molecular weight excluding hydrogens is 423 g/mol. The molecular formula is C22H18F3N5O2. The maximum atomic E-state index is 13.7. The summed E-state index contributed by atoms with van der Waals surface area (Å²) in [6.07, 6.45) is -1.66. The molecule has 0 aliphatic heterocycles. The quantitative estimate of drug-likeness (QED) is 0.495. The minimum absolute atomic E-state index is 0.0965. The van der Waals surface area contributed by atoms with Crippen molar-refractivity contribution in [2.24, 2.45) is 0 Å². The molecule has 3 heterocycles. The Morgan fingerprint density at radius 3 is 2.56 bits per heavy atom. The van der Waals surface area contributed by atoms with E-state index < -0.39 is 23.5 Å². The molecule has 10 heteroatoms. The number of para-hydroxylation sites is 1. The van der Waals surface area contributed by atoms with E-state index in [4.69, 9.17) is 4.74 Å². The largest absolute Gasteiger partial charge is 0.481 e. The molecule has 0 radical (unpaired) electrons. The molecule has 4 aromatic rings. The Hall–Kier alpha value is -3.95. The molecule has 1 amide bonds. The van der Waals surface area contributed by atoms with E-state index in [1.165, 1.54) is 24.8 Å². The third kappa shape index (κ3) is 4.11. The first-order valence-corrected chi connectivity index (χ1v) is 9.56. The molecule has 0 fully saturated rings. The number of benzene rings is 1. The highest BCUT2D eigenvalue weighted by molar-refractivity contribution is 6.13. The molecule has 3 aromatic heterocycles. The van der Waals surface area contributed by atoms with Gasteiger partial charge in [-0.1, -0.05) is 18.2 Å². The average Bonchev–Trinajstić information content (AvgIpc) is 3.09. The summed E-state index contributed by atoms with van der Waals surface area (Å²) in [5, 5.41) is 6.64. The summed E-state index contributed by atoms with van der Waals surface area (Å²) < 4.78 is 47.6. The van der Waals surface area contributed by atoms with Crippen LogP contribution < -0.4 is 10.1 Å². The highest BCUT2D eigenvalue weighted by Crippen LogP contribution is 2.36. The second-order valence-corrected chi connectivity index (χ2v) is 7.00. The Bertz CT molecular complexity index is 1290. The summed E-state index contributed by atoms with van der Waals surface area (Å²) in [7, 11) is 1.40. The lowest BCUT2D eigenvalue weighted by Gasteiger charge is -2.12. The number of fused-ring (bicyclic) bond motifs is 1. The lowest BCUT2D eigenvalue weighted by Crippen LogP contribution is -2.17. The molecule has 0 saturated carbocycles. The normalized spacial score (nSPS) is 11.5. The summed E-state index contributed by atoms with van der Waals surface area (Å²) >= 11 is 0. The van der Waals surface area contributed by atoms with E-state index in [1.807, 2.05) is 0 Å². The zero-order valence-corrected chi connectivity index (χ0v) is 17.1. The van der Waals surface area contributed by atoms with Crippen LogP contribution in [0.2, 0.25) is 0 Å². The molecule has 0 atom stereocenters. The van der Waals surface area contributed by atoms with E-state index in [0.717, 1.165) is 5.56 Å². The number of methoxy groups -OCH3 is 1. The maximum Gasteiger partial charge on any atom is 0.437 e. The molecule has 0 unspecified atom stereocenters. The van der Waals surface area contributed by atoms with Gasteiger partial charge in [0.05, 0.1) is 36.1 Å². The monoisotopic (exact) mass is 441 g/mol. The van der Waals surface area contributed by atoms with Crippen LogP contribution in [0.5, 0.6) is 5.88 Å². The van der Waals surface area contributed by atoms with Crippen LogP contribution in [0, 0.1) is 6.92 Å². The third-order valence-electron chi connectivity index (χ3n) is 4.94. The van der Waals surface area contributed by atoms with Crippen molar-refractivity contribution >= 4 is 22.5 Å². The van der Waals surface area contributed by atoms with Gasteiger partial charge in [-0.15, -0.1) is 0 Å². The van der Waals surface area contributed by atoms with E-state index in [0.29, 0.717) is 10.9 Å². The number of nitrogens with zero attached hydrogens (tertiary/aromatic N) is 4. The fourth-order valence-corrected chi connectivity index (χ4v) is 3.33. The molecule has 0 saturated heterocycles. The Kier molecular flexibility index (Phi) is 5.52. The summed E-state index contributed by atoms with van der Waals surface area (Å²) in [5.74, 6) is -0.547. The Balaban J connectivity index is 1.76. The van der Waals surface area contributed by atoms with E-state index in [9.17, 15) is 18.0 Å². The number of carbonyl (C=O) groups is 1. The number of pyridine rings is 2. The zero-order valence-electron chi connectivity index (χ0n) is 17.1. The number of ether oxygens (including phenoxy) is 1. The lowest BCUT2D eigenvalue weighted by atomic mass is 10.1. The number of aromatic nitrogens is 4. The van der Waals surface area contributed by atoms with Gasteiger partial charge in [-0.05, 0) is 30.7 Å². The molecule has 0 aliphatic rings. The SMILES string of the molecule is COc1cc(C(=O)Nc2c(C(F)(F)F)nn(Cc3ccncc3)c2C)c2ccccc2n1. The third-order valence-corrected chi connectivity index (χ3v) is 4.94. The predicted octanol–water partition coefficient (Wildman–Crippen LogP) is 4.46. The van der Waals surface area contributed by atoms with Gasteiger partial charge in [0.2, 0.25) is 5.88 Å². The Morgan fingerprint density at radius 1 is 1.16 bits per heavy atom. The smallest absolute Gasteiger partial charge is 0.437 e. The first kappa shape index (κ1) is 21.3. The highest BCUT2D eigenvalue weighted by atomic mass is 19.4. The Labute approximate surface area is 180 Å². The van der Waals surface area contributed by atoms with E-state index in [2.05, 4.69) is 20.4 Å². The number of hydrogen-bond acceptors (Lipinski definition) is 5. The van der Waals surface area contributed by atoms with Gasteiger partial charge in [0.25, 0.3) is 5.91 Å². The van der Waals surface area contributed by atoms with Gasteiger partial charge in [-0.25, -0.2) is 4.98 Å². The van der Waals surface area contributed by atoms with Crippen molar-refractivity contribution < 1.29 is 22.7 Å². The summed E-state index contributed by atoms with van der Waals surface area (Å²) in [6, 6.07) is 11.6. The van der Waals surface area contributed by atoms with Gasteiger partial charge < -0.3 is 10.1 Å². The van der Waals surface area contributed by atoms with Crippen LogP contribution in [0.15, 0.2) is 54.9 Å². The molecule has 0 bridgehead atoms. The van der Waals surface area contributed by atoms with Gasteiger partial charge in [-0.3, -0.25) is 14.5 Å². The lowest BCUT2D eigenvalue weighted by molar-refractivity contribution is -0.140. The minimum Gasteiger partial charge on any atom is -0.481 e. The molecule has 0 spiro atoms. The van der Waals surface area contributed by atoms with Gasteiger partial charge in [0.15, 0.2) is 5.69 Å². The zero-order chi connectivity index (χ0) is 22.9. The standard InChI is InChI=1S/C22H18F3N5O2/c1-13-19(20(22(23,24)25)29-30(13)12-14-7-9-26-10-8-14)28-21(31)16-11-18(32-2)27-17-6-4-3-5-15(16)17/h3-11H,12H2,1-2H3,(H,28,31). The molecule has 7 nitrogen and oxygen atoms in total. The first-order valence-electron chi connectivity index (χ1n) is 9.56. The van der Waals surface area contributed by atoms with Crippen molar-refractivity contribution in [3.63, 3.8) is 0 Å². The average molecular weight is 441 g/mol. The number of rotatable bonds is 5. The fraction of sp³-hybridized carbons (Fsp3) is 0.182.